The Balaban J connectivity index is 1.92. The summed E-state index contributed by atoms with van der Waals surface area (Å²) in [6.45, 7) is 10.3. The number of aliphatic hydroxyl groups excluding tert-OH is 1. The number of carbonyl (C=O) groups is 2. The van der Waals surface area contributed by atoms with E-state index in [0.29, 0.717) is 25.2 Å². The van der Waals surface area contributed by atoms with Crippen molar-refractivity contribution in [1.29, 1.82) is 0 Å². The van der Waals surface area contributed by atoms with Crippen LogP contribution < -0.4 is 5.32 Å². The van der Waals surface area contributed by atoms with Gasteiger partial charge in [-0.15, -0.1) is 12.3 Å². The maximum Gasteiger partial charge on any atom is 0.407 e. The molecular formula is C33H45NO6. The number of alkyl carbamates (subject to hydrolysis) is 1. The summed E-state index contributed by atoms with van der Waals surface area (Å²) in [5, 5.41) is 13.8. The zero-order valence-corrected chi connectivity index (χ0v) is 24.4. The van der Waals surface area contributed by atoms with Gasteiger partial charge in [0.15, 0.2) is 0 Å². The van der Waals surface area contributed by atoms with Crippen molar-refractivity contribution in [2.24, 2.45) is 11.8 Å². The number of amides is 1. The number of cyclic esters (lactones) is 1. The Morgan fingerprint density at radius 1 is 1.35 bits per heavy atom. The third-order valence-electron chi connectivity index (χ3n) is 6.86. The first kappa shape index (κ1) is 32.9. The molecule has 0 aromatic heterocycles. The van der Waals surface area contributed by atoms with Crippen LogP contribution in [0.3, 0.4) is 0 Å². The molecule has 1 saturated heterocycles. The summed E-state index contributed by atoms with van der Waals surface area (Å²) in [6, 6.07) is -0.217. The summed E-state index contributed by atoms with van der Waals surface area (Å²) in [5.74, 6) is 2.46. The summed E-state index contributed by atoms with van der Waals surface area (Å²) in [5.41, 5.74) is 2.29. The third kappa shape index (κ3) is 11.8. The Bertz CT molecular complexity index is 1060. The summed E-state index contributed by atoms with van der Waals surface area (Å²) < 4.78 is 16.6. The van der Waals surface area contributed by atoms with Gasteiger partial charge in [-0.1, -0.05) is 73.6 Å². The molecule has 0 aromatic rings. The molecule has 3 unspecified atom stereocenters. The summed E-state index contributed by atoms with van der Waals surface area (Å²) >= 11 is 0. The fraction of sp³-hybridized carbons (Fsp3) is 0.515. The van der Waals surface area contributed by atoms with E-state index in [1.807, 2.05) is 63.3 Å². The molecule has 218 valence electrons. The number of hydrogen-bond donors (Lipinski definition) is 2. The van der Waals surface area contributed by atoms with E-state index in [-0.39, 0.29) is 36.7 Å². The van der Waals surface area contributed by atoms with Crippen LogP contribution in [0, 0.1) is 24.2 Å². The number of allylic oxidation sites excluding steroid dienone is 7. The van der Waals surface area contributed by atoms with Gasteiger partial charge in [0.25, 0.3) is 0 Å². The van der Waals surface area contributed by atoms with Crippen molar-refractivity contribution < 1.29 is 28.9 Å². The molecule has 40 heavy (non-hydrogen) atoms. The first-order valence-electron chi connectivity index (χ1n) is 14.0. The highest BCUT2D eigenvalue weighted by Crippen LogP contribution is 2.29. The predicted molar refractivity (Wildman–Crippen MR) is 158 cm³/mol. The van der Waals surface area contributed by atoms with E-state index in [4.69, 9.17) is 20.6 Å². The second-order valence-corrected chi connectivity index (χ2v) is 10.6. The number of aliphatic hydroxyl groups is 1. The monoisotopic (exact) mass is 551 g/mol. The first-order chi connectivity index (χ1) is 19.1. The Morgan fingerprint density at radius 3 is 2.83 bits per heavy atom. The predicted octanol–water partition coefficient (Wildman–Crippen LogP) is 5.74. The van der Waals surface area contributed by atoms with E-state index < -0.39 is 18.3 Å². The van der Waals surface area contributed by atoms with Gasteiger partial charge in [0.2, 0.25) is 0 Å². The number of hydrogen-bond acceptors (Lipinski definition) is 6. The molecule has 0 bridgehead atoms. The maximum absolute atomic E-state index is 12.2. The van der Waals surface area contributed by atoms with Gasteiger partial charge in [-0.2, -0.15) is 0 Å². The molecule has 7 nitrogen and oxygen atoms in total. The molecule has 0 saturated carbocycles. The minimum Gasteiger partial charge on any atom is -0.455 e. The second-order valence-electron chi connectivity index (χ2n) is 10.6. The second kappa shape index (κ2) is 17.4. The van der Waals surface area contributed by atoms with Crippen LogP contribution in [0.25, 0.3) is 0 Å². The SMILES string of the molecule is C#CCCOC(=O)NC1C[C@@H](C(O)/C=C/C=C(\C)C[C@@H](C)/C=C(C)\C=C\[C@H]2CC=CC(=O)O2)O[C@@H](/C=C/C)C1C. The van der Waals surface area contributed by atoms with Crippen LogP contribution in [0.2, 0.25) is 0 Å². The molecule has 0 aromatic carbocycles. The van der Waals surface area contributed by atoms with Crippen LogP contribution in [0.5, 0.6) is 0 Å². The molecule has 7 heteroatoms. The van der Waals surface area contributed by atoms with Crippen molar-refractivity contribution in [1.82, 2.24) is 5.32 Å². The highest BCUT2D eigenvalue weighted by molar-refractivity contribution is 5.82. The average molecular weight is 552 g/mol. The number of esters is 1. The number of carbonyl (C=O) groups excluding carboxylic acids is 2. The van der Waals surface area contributed by atoms with Crippen molar-refractivity contribution in [3.8, 4) is 12.3 Å². The van der Waals surface area contributed by atoms with E-state index in [9.17, 15) is 14.7 Å². The molecule has 1 fully saturated rings. The molecule has 2 N–H and O–H groups in total. The zero-order valence-electron chi connectivity index (χ0n) is 24.4. The summed E-state index contributed by atoms with van der Waals surface area (Å²) in [6.07, 6.45) is 24.2. The highest BCUT2D eigenvalue weighted by Gasteiger charge is 2.38. The zero-order chi connectivity index (χ0) is 29.5. The van der Waals surface area contributed by atoms with Gasteiger partial charge < -0.3 is 24.6 Å². The molecule has 2 rings (SSSR count). The van der Waals surface area contributed by atoms with Crippen LogP contribution in [0.1, 0.15) is 60.3 Å². The van der Waals surface area contributed by atoms with Gasteiger partial charge in [0.1, 0.15) is 12.7 Å². The molecule has 1 amide bonds. The van der Waals surface area contributed by atoms with E-state index in [0.717, 1.165) is 12.0 Å². The number of ether oxygens (including phenoxy) is 3. The standard InChI is InChI=1S/C33H45NO6/c1-7-9-19-38-33(37)34-28-22-31(40-30(12-8-2)26(28)6)29(35)15-10-13-23(3)20-25(5)21-24(4)17-18-27-14-11-16-32(36)39-27/h1,8,10-13,15-18,21,25-31,35H,9,14,19-20,22H2,2-6H3,(H,34,37)/b12-8+,15-10+,18-17+,23-13+,24-21-/t25-,26?,27-,28?,29?,30+,31+/m1/s1. The molecule has 0 radical (unpaired) electrons. The van der Waals surface area contributed by atoms with E-state index in [2.05, 4.69) is 31.2 Å². The van der Waals surface area contributed by atoms with Crippen LogP contribution in [-0.4, -0.2) is 54.2 Å². The van der Waals surface area contributed by atoms with Gasteiger partial charge in [-0.25, -0.2) is 9.59 Å². The first-order valence-corrected chi connectivity index (χ1v) is 14.0. The van der Waals surface area contributed by atoms with Gasteiger partial charge in [-0.3, -0.25) is 0 Å². The van der Waals surface area contributed by atoms with E-state index in [1.54, 1.807) is 6.08 Å². The molecular weight excluding hydrogens is 506 g/mol. The van der Waals surface area contributed by atoms with Crippen molar-refractivity contribution in [2.75, 3.05) is 6.61 Å². The number of rotatable bonds is 12. The lowest BCUT2D eigenvalue weighted by Gasteiger charge is -2.40. The molecule has 0 aliphatic carbocycles. The summed E-state index contributed by atoms with van der Waals surface area (Å²) in [4.78, 5) is 23.6. The topological polar surface area (TPSA) is 94.1 Å². The smallest absolute Gasteiger partial charge is 0.407 e. The maximum atomic E-state index is 12.2. The van der Waals surface area contributed by atoms with Crippen molar-refractivity contribution in [2.45, 2.75) is 90.8 Å². The largest absolute Gasteiger partial charge is 0.455 e. The van der Waals surface area contributed by atoms with Gasteiger partial charge in [-0.05, 0) is 45.6 Å². The highest BCUT2D eigenvalue weighted by atomic mass is 16.6. The van der Waals surface area contributed by atoms with Crippen molar-refractivity contribution >= 4 is 12.1 Å². The van der Waals surface area contributed by atoms with Crippen LogP contribution >= 0.6 is 0 Å². The minimum atomic E-state index is -0.834. The molecule has 2 aliphatic heterocycles. The fourth-order valence-corrected chi connectivity index (χ4v) is 4.80. The quantitative estimate of drug-likeness (QED) is 0.106. The van der Waals surface area contributed by atoms with Crippen LogP contribution in [0.15, 0.2) is 71.9 Å². The molecule has 7 atom stereocenters. The minimum absolute atomic E-state index is 0.00770. The Kier molecular flexibility index (Phi) is 14.3. The lowest BCUT2D eigenvalue weighted by Crippen LogP contribution is -2.53. The van der Waals surface area contributed by atoms with Crippen molar-refractivity contribution in [3.05, 3.63) is 71.9 Å². The van der Waals surface area contributed by atoms with Gasteiger partial charge >= 0.3 is 12.1 Å². The molecule has 2 aliphatic rings. The third-order valence-corrected chi connectivity index (χ3v) is 6.86. The van der Waals surface area contributed by atoms with E-state index in [1.165, 1.54) is 11.6 Å². The van der Waals surface area contributed by atoms with Gasteiger partial charge in [0, 0.05) is 30.9 Å². The molecule has 0 spiro atoms. The molecule has 2 heterocycles. The fourth-order valence-electron chi connectivity index (χ4n) is 4.80. The lowest BCUT2D eigenvalue weighted by atomic mass is 9.86. The normalized spacial score (nSPS) is 27.5. The van der Waals surface area contributed by atoms with Crippen molar-refractivity contribution in [3.63, 3.8) is 0 Å². The Hall–Kier alpha value is -3.34. The lowest BCUT2D eigenvalue weighted by molar-refractivity contribution is -0.141. The number of nitrogens with one attached hydrogen (secondary N) is 1. The summed E-state index contributed by atoms with van der Waals surface area (Å²) in [7, 11) is 0. The van der Waals surface area contributed by atoms with Gasteiger partial charge in [0.05, 0.1) is 18.3 Å². The number of terminal acetylenes is 1. The Morgan fingerprint density at radius 2 is 2.12 bits per heavy atom. The average Bonchev–Trinajstić information content (AvgIpc) is 2.89. The van der Waals surface area contributed by atoms with Crippen LogP contribution in [0.4, 0.5) is 4.79 Å². The van der Waals surface area contributed by atoms with Crippen LogP contribution in [-0.2, 0) is 19.0 Å². The van der Waals surface area contributed by atoms with E-state index >= 15 is 0 Å². The Labute approximate surface area is 239 Å².